The molecule has 19 heavy (non-hydrogen) atoms. The van der Waals surface area contributed by atoms with E-state index >= 15 is 0 Å². The van der Waals surface area contributed by atoms with Crippen molar-refractivity contribution in [3.63, 3.8) is 0 Å². The van der Waals surface area contributed by atoms with Gasteiger partial charge in [-0.1, -0.05) is 16.5 Å². The number of sulfonamides is 1. The third kappa shape index (κ3) is 4.17. The molecule has 104 valence electrons. The van der Waals surface area contributed by atoms with Crippen molar-refractivity contribution in [2.45, 2.75) is 4.90 Å². The minimum absolute atomic E-state index is 0.237. The molecule has 4 N–H and O–H groups in total. The third-order valence-electron chi connectivity index (χ3n) is 1.86. The molecule has 0 atom stereocenters. The van der Waals surface area contributed by atoms with E-state index in [0.29, 0.717) is 0 Å². The van der Waals surface area contributed by atoms with Crippen LogP contribution in [-0.4, -0.2) is 32.0 Å². The molecule has 0 saturated carbocycles. The average molecular weight is 309 g/mol. The van der Waals surface area contributed by atoms with Crippen LogP contribution < -0.4 is 10.6 Å². The van der Waals surface area contributed by atoms with Crippen molar-refractivity contribution in [1.82, 2.24) is 4.89 Å². The van der Waals surface area contributed by atoms with Gasteiger partial charge in [-0.05, 0) is 18.2 Å². The van der Waals surface area contributed by atoms with Gasteiger partial charge in [0.1, 0.15) is 6.61 Å². The highest BCUT2D eigenvalue weighted by Crippen LogP contribution is 2.20. The van der Waals surface area contributed by atoms with E-state index in [-0.39, 0.29) is 15.5 Å². The third-order valence-corrected chi connectivity index (χ3v) is 3.39. The number of rotatable bonds is 6. The predicted molar refractivity (Wildman–Crippen MR) is 63.9 cm³/mol. The first-order valence-corrected chi connectivity index (χ1v) is 6.55. The number of carbonyl (C=O) groups is 2. The van der Waals surface area contributed by atoms with E-state index in [1.54, 1.807) is 4.89 Å². The van der Waals surface area contributed by atoms with Crippen molar-refractivity contribution in [1.29, 1.82) is 0 Å². The van der Waals surface area contributed by atoms with E-state index in [0.717, 1.165) is 18.2 Å². The lowest BCUT2D eigenvalue weighted by Gasteiger charge is -2.07. The molecule has 8 nitrogen and oxygen atoms in total. The van der Waals surface area contributed by atoms with E-state index in [2.05, 4.69) is 4.84 Å². The van der Waals surface area contributed by atoms with Gasteiger partial charge < -0.3 is 10.8 Å². The van der Waals surface area contributed by atoms with Gasteiger partial charge in [0.25, 0.3) is 10.0 Å². The van der Waals surface area contributed by atoms with E-state index in [1.807, 2.05) is 0 Å². The summed E-state index contributed by atoms with van der Waals surface area (Å²) in [7, 11) is -4.08. The van der Waals surface area contributed by atoms with Crippen molar-refractivity contribution in [2.75, 3.05) is 6.61 Å². The molecule has 1 amide bonds. The Hall–Kier alpha value is -1.68. The van der Waals surface area contributed by atoms with Crippen molar-refractivity contribution in [3.05, 3.63) is 28.8 Å². The molecule has 0 unspecified atom stereocenters. The van der Waals surface area contributed by atoms with Gasteiger partial charge in [0, 0.05) is 0 Å². The molecule has 0 saturated heterocycles. The van der Waals surface area contributed by atoms with Crippen LogP contribution in [0.3, 0.4) is 0 Å². The lowest BCUT2D eigenvalue weighted by Crippen LogP contribution is -2.29. The monoisotopic (exact) mass is 308 g/mol. The van der Waals surface area contributed by atoms with Crippen molar-refractivity contribution >= 4 is 33.5 Å². The van der Waals surface area contributed by atoms with Gasteiger partial charge in [0.2, 0.25) is 5.91 Å². The summed E-state index contributed by atoms with van der Waals surface area (Å²) in [5.74, 6) is -2.14. The maximum atomic E-state index is 11.7. The summed E-state index contributed by atoms with van der Waals surface area (Å²) in [5.41, 5.74) is 4.52. The topological polar surface area (TPSA) is 136 Å². The summed E-state index contributed by atoms with van der Waals surface area (Å²) in [6, 6.07) is 3.01. The standard InChI is InChI=1S/C9H9ClN2O6S/c10-7-3-5(1-2-6(7)9(14)15)19(16,17)12-18-4-8(11)13/h1-3,12H,4H2,(H2,11,13)(H,14,15). The van der Waals surface area contributed by atoms with Gasteiger partial charge in [0.15, 0.2) is 0 Å². The highest BCUT2D eigenvalue weighted by Gasteiger charge is 2.18. The van der Waals surface area contributed by atoms with Gasteiger partial charge in [-0.2, -0.15) is 0 Å². The number of nitrogens with two attached hydrogens (primary N) is 1. The van der Waals surface area contributed by atoms with Crippen LogP contribution in [0.15, 0.2) is 23.1 Å². The van der Waals surface area contributed by atoms with Crippen LogP contribution in [0.25, 0.3) is 0 Å². The Labute approximate surface area is 113 Å². The highest BCUT2D eigenvalue weighted by atomic mass is 35.5. The van der Waals surface area contributed by atoms with E-state index in [4.69, 9.17) is 22.4 Å². The molecule has 1 aromatic carbocycles. The lowest BCUT2D eigenvalue weighted by molar-refractivity contribution is -0.123. The van der Waals surface area contributed by atoms with Crippen LogP contribution in [0.4, 0.5) is 0 Å². The number of carboxylic acid groups (broad SMARTS) is 1. The zero-order valence-corrected chi connectivity index (χ0v) is 10.9. The predicted octanol–water partition coefficient (Wildman–Crippen LogP) is -0.267. The summed E-state index contributed by atoms with van der Waals surface area (Å²) in [6.45, 7) is -0.639. The maximum absolute atomic E-state index is 11.7. The van der Waals surface area contributed by atoms with E-state index < -0.39 is 28.5 Å². The number of primary amides is 1. The fourth-order valence-corrected chi connectivity index (χ4v) is 2.22. The molecule has 0 aromatic heterocycles. The number of benzene rings is 1. The number of carboxylic acids is 1. The van der Waals surface area contributed by atoms with Crippen molar-refractivity contribution < 1.29 is 28.0 Å². The number of amides is 1. The maximum Gasteiger partial charge on any atom is 0.337 e. The summed E-state index contributed by atoms with van der Waals surface area (Å²) < 4.78 is 23.3. The minimum atomic E-state index is -4.08. The number of hydrogen-bond acceptors (Lipinski definition) is 5. The lowest BCUT2D eigenvalue weighted by atomic mass is 10.2. The smallest absolute Gasteiger partial charge is 0.337 e. The summed E-state index contributed by atoms with van der Waals surface area (Å²) >= 11 is 5.63. The molecular formula is C9H9ClN2O6S. The quantitative estimate of drug-likeness (QED) is 0.619. The number of hydrogen-bond donors (Lipinski definition) is 3. The zero-order valence-electron chi connectivity index (χ0n) is 9.29. The molecule has 10 heteroatoms. The minimum Gasteiger partial charge on any atom is -0.478 e. The van der Waals surface area contributed by atoms with Crippen LogP contribution in [0.2, 0.25) is 5.02 Å². The van der Waals surface area contributed by atoms with E-state index in [9.17, 15) is 18.0 Å². The van der Waals surface area contributed by atoms with Crippen molar-refractivity contribution in [2.24, 2.45) is 5.73 Å². The Morgan fingerprint density at radius 1 is 1.42 bits per heavy atom. The Kier molecular flexibility index (Phi) is 4.84. The molecule has 0 radical (unpaired) electrons. The van der Waals surface area contributed by atoms with Crippen LogP contribution in [0.1, 0.15) is 10.4 Å². The molecular weight excluding hydrogens is 300 g/mol. The van der Waals surface area contributed by atoms with Gasteiger partial charge in [-0.15, -0.1) is 0 Å². The van der Waals surface area contributed by atoms with Crippen LogP contribution in [0.5, 0.6) is 0 Å². The second-order valence-corrected chi connectivity index (χ2v) is 5.34. The molecule has 0 fully saturated rings. The number of nitrogens with one attached hydrogen (secondary N) is 1. The van der Waals surface area contributed by atoms with Crippen LogP contribution in [-0.2, 0) is 19.7 Å². The Morgan fingerprint density at radius 2 is 2.05 bits per heavy atom. The Bertz CT molecular complexity index is 615. The molecule has 0 spiro atoms. The molecule has 0 aliphatic carbocycles. The number of halogens is 1. The van der Waals surface area contributed by atoms with Gasteiger partial charge in [-0.25, -0.2) is 13.2 Å². The Morgan fingerprint density at radius 3 is 2.53 bits per heavy atom. The SMILES string of the molecule is NC(=O)CONS(=O)(=O)c1ccc(C(=O)O)c(Cl)c1. The summed E-state index contributed by atoms with van der Waals surface area (Å²) in [4.78, 5) is 26.8. The van der Waals surface area contributed by atoms with E-state index in [1.165, 1.54) is 0 Å². The largest absolute Gasteiger partial charge is 0.478 e. The summed E-state index contributed by atoms with van der Waals surface area (Å²) in [5, 5.41) is 8.49. The normalized spacial score (nSPS) is 11.2. The average Bonchev–Trinajstić information content (AvgIpc) is 2.27. The first kappa shape index (κ1) is 15.4. The van der Waals surface area contributed by atoms with Gasteiger partial charge >= 0.3 is 5.97 Å². The molecule has 1 aromatic rings. The van der Waals surface area contributed by atoms with Crippen molar-refractivity contribution in [3.8, 4) is 0 Å². The molecule has 1 rings (SSSR count). The fraction of sp³-hybridized carbons (Fsp3) is 0.111. The van der Waals surface area contributed by atoms with Gasteiger partial charge in [-0.3, -0.25) is 9.63 Å². The number of carbonyl (C=O) groups excluding carboxylic acids is 1. The molecule has 0 heterocycles. The number of aromatic carboxylic acids is 1. The first-order chi connectivity index (χ1) is 8.74. The first-order valence-electron chi connectivity index (χ1n) is 4.69. The van der Waals surface area contributed by atoms with Crippen LogP contribution >= 0.6 is 11.6 Å². The summed E-state index contributed by atoms with van der Waals surface area (Å²) in [6.07, 6.45) is 0. The highest BCUT2D eigenvalue weighted by molar-refractivity contribution is 7.89. The van der Waals surface area contributed by atoms with Gasteiger partial charge in [0.05, 0.1) is 15.5 Å². The zero-order chi connectivity index (χ0) is 14.6. The molecule has 0 aliphatic heterocycles. The Balaban J connectivity index is 2.93. The second-order valence-electron chi connectivity index (χ2n) is 3.29. The molecule has 0 aliphatic rings. The second kappa shape index (κ2) is 5.97. The fourth-order valence-electron chi connectivity index (χ4n) is 1.06. The van der Waals surface area contributed by atoms with Crippen LogP contribution in [0, 0.1) is 0 Å². The molecule has 0 bridgehead atoms.